The van der Waals surface area contributed by atoms with E-state index in [-0.39, 0.29) is 23.9 Å². The molecule has 3 fully saturated rings. The largest absolute Gasteiger partial charge is 0.302 e. The maximum atomic E-state index is 12.3. The van der Waals surface area contributed by atoms with Crippen molar-refractivity contribution in [3.8, 4) is 0 Å². The molecule has 2 amide bonds. The second-order valence-corrected chi connectivity index (χ2v) is 5.99. The van der Waals surface area contributed by atoms with Crippen molar-refractivity contribution in [1.82, 2.24) is 15.1 Å². The first-order chi connectivity index (χ1) is 9.19. The summed E-state index contributed by atoms with van der Waals surface area (Å²) in [5.74, 6) is 0.0364. The number of nitrogens with one attached hydrogen (secondary N) is 1. The van der Waals surface area contributed by atoms with E-state index in [2.05, 4.69) is 17.1 Å². The Morgan fingerprint density at radius 3 is 2.74 bits per heavy atom. The third kappa shape index (κ3) is 2.67. The molecule has 1 aliphatic carbocycles. The molecule has 5 nitrogen and oxygen atoms in total. The van der Waals surface area contributed by atoms with Crippen LogP contribution in [-0.4, -0.2) is 59.4 Å². The minimum Gasteiger partial charge on any atom is -0.302 e. The molecule has 0 bridgehead atoms. The number of rotatable bonds is 4. The molecule has 0 aromatic heterocycles. The fourth-order valence-electron chi connectivity index (χ4n) is 3.26. The Morgan fingerprint density at radius 1 is 1.26 bits per heavy atom. The molecule has 5 heteroatoms. The van der Waals surface area contributed by atoms with E-state index in [0.717, 1.165) is 38.9 Å². The predicted molar refractivity (Wildman–Crippen MR) is 71.6 cm³/mol. The van der Waals surface area contributed by atoms with E-state index >= 15 is 0 Å². The summed E-state index contributed by atoms with van der Waals surface area (Å²) >= 11 is 0. The van der Waals surface area contributed by atoms with E-state index in [1.54, 1.807) is 0 Å². The molecule has 2 atom stereocenters. The molecule has 2 unspecified atom stereocenters. The fourth-order valence-corrected chi connectivity index (χ4v) is 3.26. The summed E-state index contributed by atoms with van der Waals surface area (Å²) in [4.78, 5) is 28.1. The lowest BCUT2D eigenvalue weighted by molar-refractivity contribution is -0.139. The molecule has 2 aliphatic heterocycles. The number of piperidine rings is 1. The van der Waals surface area contributed by atoms with Crippen molar-refractivity contribution in [1.29, 1.82) is 0 Å². The van der Waals surface area contributed by atoms with Gasteiger partial charge >= 0.3 is 0 Å². The zero-order chi connectivity index (χ0) is 13.4. The minimum atomic E-state index is -0.269. The van der Waals surface area contributed by atoms with Gasteiger partial charge in [0.05, 0.1) is 12.5 Å². The smallest absolute Gasteiger partial charge is 0.247 e. The number of amides is 2. The van der Waals surface area contributed by atoms with Gasteiger partial charge in [-0.25, -0.2) is 0 Å². The summed E-state index contributed by atoms with van der Waals surface area (Å²) in [6, 6.07) is 0.301. The lowest BCUT2D eigenvalue weighted by atomic mass is 10.0. The highest BCUT2D eigenvalue weighted by Gasteiger charge is 2.46. The summed E-state index contributed by atoms with van der Waals surface area (Å²) in [6.07, 6.45) is 4.64. The Labute approximate surface area is 114 Å². The van der Waals surface area contributed by atoms with Crippen LogP contribution in [0.25, 0.3) is 0 Å². The average molecular weight is 265 g/mol. The summed E-state index contributed by atoms with van der Waals surface area (Å²) in [5.41, 5.74) is 0. The molecular weight excluding hydrogens is 242 g/mol. The Bertz CT molecular complexity index is 381. The monoisotopic (exact) mass is 265 g/mol. The zero-order valence-electron chi connectivity index (χ0n) is 11.6. The molecular formula is C14H23N3O2. The van der Waals surface area contributed by atoms with Gasteiger partial charge in [-0.3, -0.25) is 14.5 Å². The molecule has 0 radical (unpaired) electrons. The zero-order valence-corrected chi connectivity index (χ0v) is 11.6. The summed E-state index contributed by atoms with van der Waals surface area (Å²) in [5, 5.41) is 3.42. The quantitative estimate of drug-likeness (QED) is 0.745. The SMILES string of the molecule is CCN1CCCC(NC2CC(=O)N(C3CC3)C2=O)C1. The number of hydrogen-bond acceptors (Lipinski definition) is 4. The molecule has 106 valence electrons. The molecule has 2 heterocycles. The number of imide groups is 1. The first-order valence-electron chi connectivity index (χ1n) is 7.53. The van der Waals surface area contributed by atoms with E-state index in [4.69, 9.17) is 0 Å². The molecule has 0 aromatic rings. The van der Waals surface area contributed by atoms with Crippen molar-refractivity contribution >= 4 is 11.8 Å². The van der Waals surface area contributed by atoms with Crippen molar-refractivity contribution < 1.29 is 9.59 Å². The third-order valence-corrected chi connectivity index (χ3v) is 4.48. The van der Waals surface area contributed by atoms with Crippen molar-refractivity contribution in [2.45, 2.75) is 57.2 Å². The molecule has 0 aromatic carbocycles. The van der Waals surface area contributed by atoms with Crippen LogP contribution < -0.4 is 5.32 Å². The standard InChI is InChI=1S/C14H23N3O2/c1-2-16-7-3-4-10(9-16)15-12-8-13(18)17(14(12)19)11-5-6-11/h10-12,15H,2-9H2,1H3. The maximum absolute atomic E-state index is 12.3. The normalized spacial score (nSPS) is 33.2. The van der Waals surface area contributed by atoms with Crippen molar-refractivity contribution in [2.75, 3.05) is 19.6 Å². The fraction of sp³-hybridized carbons (Fsp3) is 0.857. The Morgan fingerprint density at radius 2 is 2.05 bits per heavy atom. The van der Waals surface area contributed by atoms with Crippen molar-refractivity contribution in [3.63, 3.8) is 0 Å². The molecule has 1 N–H and O–H groups in total. The van der Waals surface area contributed by atoms with Crippen LogP contribution in [0.4, 0.5) is 0 Å². The van der Waals surface area contributed by atoms with Crippen molar-refractivity contribution in [3.05, 3.63) is 0 Å². The number of carbonyl (C=O) groups is 2. The second kappa shape index (κ2) is 5.21. The summed E-state index contributed by atoms with van der Waals surface area (Å²) in [6.45, 7) is 5.38. The highest BCUT2D eigenvalue weighted by molar-refractivity contribution is 6.06. The van der Waals surface area contributed by atoms with Crippen LogP contribution in [0.1, 0.15) is 39.0 Å². The van der Waals surface area contributed by atoms with Crippen molar-refractivity contribution in [2.24, 2.45) is 0 Å². The molecule has 1 saturated carbocycles. The number of likely N-dealkylation sites (N-methyl/N-ethyl adjacent to an activating group) is 1. The van der Waals surface area contributed by atoms with Gasteiger partial charge in [0.25, 0.3) is 0 Å². The average Bonchev–Trinajstić information content (AvgIpc) is 3.19. The van der Waals surface area contributed by atoms with Crippen LogP contribution in [0.2, 0.25) is 0 Å². The first-order valence-corrected chi connectivity index (χ1v) is 7.53. The molecule has 0 spiro atoms. The molecule has 19 heavy (non-hydrogen) atoms. The number of carbonyl (C=O) groups excluding carboxylic acids is 2. The number of likely N-dealkylation sites (tertiary alicyclic amines) is 2. The van der Waals surface area contributed by atoms with Gasteiger partial charge in [0.15, 0.2) is 0 Å². The van der Waals surface area contributed by atoms with E-state index < -0.39 is 0 Å². The molecule has 2 saturated heterocycles. The Balaban J connectivity index is 1.58. The van der Waals surface area contributed by atoms with Gasteiger partial charge in [-0.05, 0) is 38.8 Å². The summed E-state index contributed by atoms with van der Waals surface area (Å²) < 4.78 is 0. The van der Waals surface area contributed by atoms with Gasteiger partial charge in [-0.1, -0.05) is 6.92 Å². The van der Waals surface area contributed by atoms with Crippen LogP contribution in [0, 0.1) is 0 Å². The van der Waals surface area contributed by atoms with Crippen LogP contribution in [0.3, 0.4) is 0 Å². The highest BCUT2D eigenvalue weighted by Crippen LogP contribution is 2.31. The number of hydrogen-bond donors (Lipinski definition) is 1. The van der Waals surface area contributed by atoms with E-state index in [9.17, 15) is 9.59 Å². The van der Waals surface area contributed by atoms with Crippen LogP contribution in [0.15, 0.2) is 0 Å². The predicted octanol–water partition coefficient (Wildman–Crippen LogP) is 0.350. The van der Waals surface area contributed by atoms with Crippen LogP contribution in [0.5, 0.6) is 0 Å². The van der Waals surface area contributed by atoms with Gasteiger partial charge in [0, 0.05) is 18.6 Å². The van der Waals surface area contributed by atoms with Gasteiger partial charge in [-0.2, -0.15) is 0 Å². The highest BCUT2D eigenvalue weighted by atomic mass is 16.2. The molecule has 3 rings (SSSR count). The lowest BCUT2D eigenvalue weighted by Gasteiger charge is -2.33. The third-order valence-electron chi connectivity index (χ3n) is 4.48. The lowest BCUT2D eigenvalue weighted by Crippen LogP contribution is -2.51. The van der Waals surface area contributed by atoms with Gasteiger partial charge < -0.3 is 10.2 Å². The van der Waals surface area contributed by atoms with Crippen LogP contribution >= 0.6 is 0 Å². The van der Waals surface area contributed by atoms with E-state index in [1.807, 2.05) is 0 Å². The van der Waals surface area contributed by atoms with E-state index in [1.165, 1.54) is 11.3 Å². The van der Waals surface area contributed by atoms with Crippen LogP contribution in [-0.2, 0) is 9.59 Å². The second-order valence-electron chi connectivity index (χ2n) is 5.99. The Hall–Kier alpha value is -0.940. The topological polar surface area (TPSA) is 52.7 Å². The van der Waals surface area contributed by atoms with E-state index in [0.29, 0.717) is 12.5 Å². The summed E-state index contributed by atoms with van der Waals surface area (Å²) in [7, 11) is 0. The maximum Gasteiger partial charge on any atom is 0.247 e. The van der Waals surface area contributed by atoms with Gasteiger partial charge in [0.2, 0.25) is 11.8 Å². The molecule has 3 aliphatic rings. The minimum absolute atomic E-state index is 0.0149. The first kappa shape index (κ1) is 13.1. The van der Waals surface area contributed by atoms with Gasteiger partial charge in [-0.15, -0.1) is 0 Å². The Kier molecular flexibility index (Phi) is 3.58. The van der Waals surface area contributed by atoms with Gasteiger partial charge in [0.1, 0.15) is 0 Å². The number of nitrogens with zero attached hydrogens (tertiary/aromatic N) is 2.